The lowest BCUT2D eigenvalue weighted by atomic mass is 10.2. The molecule has 1 atom stereocenters. The second kappa shape index (κ2) is 7.21. The number of anilines is 1. The molecule has 1 fully saturated rings. The van der Waals surface area contributed by atoms with Crippen molar-refractivity contribution in [3.63, 3.8) is 0 Å². The molecule has 8 heteroatoms. The van der Waals surface area contributed by atoms with Crippen molar-refractivity contribution < 1.29 is 4.79 Å². The standard InChI is InChI=1S/C19H16N6OS/c1-13-2-6-16(7-3-13)25-19(21-22-23-25)27-17-10-11-24(18(17)26)15-8-4-14(12-20)5-9-15/h2-9,17H,10-11H2,1H3. The van der Waals surface area contributed by atoms with Crippen molar-refractivity contribution in [3.05, 3.63) is 59.7 Å². The van der Waals surface area contributed by atoms with Gasteiger partial charge in [-0.05, 0) is 60.2 Å². The molecule has 2 heterocycles. The number of carbonyl (C=O) groups is 1. The fraction of sp³-hybridized carbons (Fsp3) is 0.211. The molecule has 7 nitrogen and oxygen atoms in total. The minimum absolute atomic E-state index is 0.0307. The van der Waals surface area contributed by atoms with Crippen molar-refractivity contribution in [3.8, 4) is 11.8 Å². The van der Waals surface area contributed by atoms with E-state index in [0.29, 0.717) is 23.7 Å². The lowest BCUT2D eigenvalue weighted by Crippen LogP contribution is -2.28. The van der Waals surface area contributed by atoms with Gasteiger partial charge in [-0.15, -0.1) is 5.10 Å². The van der Waals surface area contributed by atoms with E-state index in [1.165, 1.54) is 11.8 Å². The van der Waals surface area contributed by atoms with Crippen molar-refractivity contribution >= 4 is 23.4 Å². The van der Waals surface area contributed by atoms with Crippen molar-refractivity contribution in [2.24, 2.45) is 0 Å². The van der Waals surface area contributed by atoms with Gasteiger partial charge in [0.15, 0.2) is 0 Å². The smallest absolute Gasteiger partial charge is 0.240 e. The maximum absolute atomic E-state index is 12.8. The predicted molar refractivity (Wildman–Crippen MR) is 102 cm³/mol. The van der Waals surface area contributed by atoms with Crippen LogP contribution in [0.25, 0.3) is 5.69 Å². The zero-order valence-electron chi connectivity index (χ0n) is 14.6. The van der Waals surface area contributed by atoms with E-state index in [2.05, 4.69) is 21.6 Å². The summed E-state index contributed by atoms with van der Waals surface area (Å²) in [4.78, 5) is 14.6. The second-order valence-corrected chi connectivity index (χ2v) is 7.42. The Kier molecular flexibility index (Phi) is 4.60. The Morgan fingerprint density at radius 2 is 1.81 bits per heavy atom. The monoisotopic (exact) mass is 376 g/mol. The third-order valence-corrected chi connectivity index (χ3v) is 5.62. The van der Waals surface area contributed by atoms with Gasteiger partial charge in [-0.1, -0.05) is 29.5 Å². The lowest BCUT2D eigenvalue weighted by Gasteiger charge is -2.16. The number of hydrogen-bond acceptors (Lipinski definition) is 6. The molecule has 1 saturated heterocycles. The van der Waals surface area contributed by atoms with Gasteiger partial charge in [0.05, 0.1) is 22.6 Å². The number of amides is 1. The first kappa shape index (κ1) is 17.2. The summed E-state index contributed by atoms with van der Waals surface area (Å²) in [5.41, 5.74) is 3.40. The van der Waals surface area contributed by atoms with Gasteiger partial charge >= 0.3 is 0 Å². The molecule has 2 aromatic carbocycles. The first-order valence-electron chi connectivity index (χ1n) is 8.49. The average Bonchev–Trinajstić information content (AvgIpc) is 3.30. The number of nitriles is 1. The molecule has 134 valence electrons. The summed E-state index contributed by atoms with van der Waals surface area (Å²) in [5, 5.41) is 21.2. The number of aryl methyl sites for hydroxylation is 1. The van der Waals surface area contributed by atoms with Crippen LogP contribution in [0.5, 0.6) is 0 Å². The van der Waals surface area contributed by atoms with Crippen LogP contribution in [0.2, 0.25) is 0 Å². The molecule has 0 saturated carbocycles. The molecule has 1 amide bonds. The van der Waals surface area contributed by atoms with Crippen molar-refractivity contribution in [1.29, 1.82) is 5.26 Å². The molecule has 1 unspecified atom stereocenters. The van der Waals surface area contributed by atoms with E-state index in [-0.39, 0.29) is 11.2 Å². The molecule has 0 radical (unpaired) electrons. The van der Waals surface area contributed by atoms with Crippen molar-refractivity contribution in [2.45, 2.75) is 23.8 Å². The van der Waals surface area contributed by atoms with E-state index in [0.717, 1.165) is 16.9 Å². The van der Waals surface area contributed by atoms with E-state index < -0.39 is 0 Å². The highest BCUT2D eigenvalue weighted by molar-refractivity contribution is 8.00. The number of nitrogens with zero attached hydrogens (tertiary/aromatic N) is 6. The van der Waals surface area contributed by atoms with Gasteiger partial charge in [0.25, 0.3) is 0 Å². The van der Waals surface area contributed by atoms with Gasteiger partial charge in [-0.25, -0.2) is 0 Å². The largest absolute Gasteiger partial charge is 0.311 e. The van der Waals surface area contributed by atoms with Crippen LogP contribution in [0.3, 0.4) is 0 Å². The Morgan fingerprint density at radius 1 is 1.11 bits per heavy atom. The van der Waals surface area contributed by atoms with Crippen LogP contribution in [0.15, 0.2) is 53.7 Å². The molecule has 0 aliphatic carbocycles. The number of aromatic nitrogens is 4. The number of carbonyl (C=O) groups excluding carboxylic acids is 1. The average molecular weight is 376 g/mol. The highest BCUT2D eigenvalue weighted by atomic mass is 32.2. The quantitative estimate of drug-likeness (QED) is 0.696. The lowest BCUT2D eigenvalue weighted by molar-refractivity contribution is -0.116. The van der Waals surface area contributed by atoms with E-state index in [1.807, 2.05) is 31.2 Å². The summed E-state index contributed by atoms with van der Waals surface area (Å²) in [7, 11) is 0. The molecule has 0 bridgehead atoms. The fourth-order valence-electron chi connectivity index (χ4n) is 2.96. The summed E-state index contributed by atoms with van der Waals surface area (Å²) in [6, 6.07) is 17.0. The van der Waals surface area contributed by atoms with Crippen LogP contribution in [0, 0.1) is 18.3 Å². The molecule has 3 aromatic rings. The topological polar surface area (TPSA) is 87.7 Å². The molecule has 4 rings (SSSR count). The van der Waals surface area contributed by atoms with Gasteiger partial charge in [-0.2, -0.15) is 9.94 Å². The molecule has 0 N–H and O–H groups in total. The number of hydrogen-bond donors (Lipinski definition) is 0. The van der Waals surface area contributed by atoms with E-state index in [1.54, 1.807) is 33.8 Å². The molecular weight excluding hydrogens is 360 g/mol. The summed E-state index contributed by atoms with van der Waals surface area (Å²) < 4.78 is 1.65. The summed E-state index contributed by atoms with van der Waals surface area (Å²) >= 11 is 1.38. The summed E-state index contributed by atoms with van der Waals surface area (Å²) in [5.74, 6) is 0.0307. The minimum atomic E-state index is -0.240. The van der Waals surface area contributed by atoms with Crippen molar-refractivity contribution in [1.82, 2.24) is 20.2 Å². The SMILES string of the molecule is Cc1ccc(-n2nnnc2SC2CCN(c3ccc(C#N)cc3)C2=O)cc1. The zero-order valence-corrected chi connectivity index (χ0v) is 15.4. The molecule has 0 spiro atoms. The predicted octanol–water partition coefficient (Wildman–Crippen LogP) is 2.74. The third-order valence-electron chi connectivity index (χ3n) is 4.43. The van der Waals surface area contributed by atoms with Gasteiger partial charge in [0, 0.05) is 12.2 Å². The molecule has 1 aromatic heterocycles. The van der Waals surface area contributed by atoms with Gasteiger partial charge < -0.3 is 4.90 Å². The summed E-state index contributed by atoms with van der Waals surface area (Å²) in [6.07, 6.45) is 0.713. The Morgan fingerprint density at radius 3 is 2.52 bits per heavy atom. The van der Waals surface area contributed by atoms with E-state index >= 15 is 0 Å². The zero-order chi connectivity index (χ0) is 18.8. The first-order valence-corrected chi connectivity index (χ1v) is 9.37. The number of rotatable bonds is 4. The van der Waals surface area contributed by atoms with Gasteiger partial charge in [0.1, 0.15) is 0 Å². The van der Waals surface area contributed by atoms with Crippen LogP contribution in [0.4, 0.5) is 5.69 Å². The number of benzene rings is 2. The Balaban J connectivity index is 1.51. The minimum Gasteiger partial charge on any atom is -0.311 e. The van der Waals surface area contributed by atoms with Crippen LogP contribution in [0.1, 0.15) is 17.5 Å². The van der Waals surface area contributed by atoms with E-state index in [4.69, 9.17) is 5.26 Å². The maximum Gasteiger partial charge on any atom is 0.240 e. The van der Waals surface area contributed by atoms with Gasteiger partial charge in [-0.3, -0.25) is 4.79 Å². The normalized spacial score (nSPS) is 16.5. The van der Waals surface area contributed by atoms with Crippen LogP contribution >= 0.6 is 11.8 Å². The summed E-state index contributed by atoms with van der Waals surface area (Å²) in [6.45, 7) is 2.66. The van der Waals surface area contributed by atoms with Gasteiger partial charge in [0.2, 0.25) is 11.1 Å². The molecule has 1 aliphatic heterocycles. The number of thioether (sulfide) groups is 1. The molecule has 27 heavy (non-hydrogen) atoms. The fourth-order valence-corrected chi connectivity index (χ4v) is 3.99. The maximum atomic E-state index is 12.8. The molecular formula is C19H16N6OS. The van der Waals surface area contributed by atoms with Crippen LogP contribution in [-0.4, -0.2) is 37.9 Å². The Labute approximate surface area is 160 Å². The Hall–Kier alpha value is -3.18. The third kappa shape index (κ3) is 3.41. The van der Waals surface area contributed by atoms with E-state index in [9.17, 15) is 4.79 Å². The second-order valence-electron chi connectivity index (χ2n) is 6.25. The highest BCUT2D eigenvalue weighted by Crippen LogP contribution is 2.32. The van der Waals surface area contributed by atoms with Crippen molar-refractivity contribution in [2.75, 3.05) is 11.4 Å². The first-order chi connectivity index (χ1) is 13.2. The number of tetrazole rings is 1. The van der Waals surface area contributed by atoms with Crippen LogP contribution < -0.4 is 4.90 Å². The Bertz CT molecular complexity index is 1010. The van der Waals surface area contributed by atoms with Crippen LogP contribution in [-0.2, 0) is 4.79 Å². The molecule has 1 aliphatic rings. The highest BCUT2D eigenvalue weighted by Gasteiger charge is 2.34.